The number of amides is 1. The van der Waals surface area contributed by atoms with Crippen molar-refractivity contribution in [3.8, 4) is 0 Å². The van der Waals surface area contributed by atoms with Crippen molar-refractivity contribution in [1.82, 2.24) is 5.32 Å². The Morgan fingerprint density at radius 2 is 1.90 bits per heavy atom. The topological polar surface area (TPSA) is 75.6 Å². The van der Waals surface area contributed by atoms with Gasteiger partial charge in [-0.3, -0.25) is 9.59 Å². The molecule has 5 heteroatoms. The molecule has 0 spiro atoms. The second-order valence-electron chi connectivity index (χ2n) is 6.23. The highest BCUT2D eigenvalue weighted by Gasteiger charge is 2.60. The predicted octanol–water partition coefficient (Wildman–Crippen LogP) is 1.66. The molecule has 2 rings (SSSR count). The van der Waals surface area contributed by atoms with Crippen molar-refractivity contribution >= 4 is 11.9 Å². The summed E-state index contributed by atoms with van der Waals surface area (Å²) in [6.45, 7) is 6.33. The Labute approximate surface area is 120 Å². The van der Waals surface area contributed by atoms with Crippen LogP contribution in [0.1, 0.15) is 40.0 Å². The lowest BCUT2D eigenvalue weighted by Gasteiger charge is -2.59. The van der Waals surface area contributed by atoms with E-state index in [9.17, 15) is 9.59 Å². The number of methoxy groups -OCH3 is 1. The van der Waals surface area contributed by atoms with Crippen molar-refractivity contribution in [3.05, 3.63) is 0 Å². The van der Waals surface area contributed by atoms with Crippen LogP contribution in [0, 0.1) is 23.2 Å². The maximum Gasteiger partial charge on any atom is 0.307 e. The molecule has 0 aliphatic heterocycles. The van der Waals surface area contributed by atoms with Crippen LogP contribution in [0.3, 0.4) is 0 Å². The number of hydrogen-bond donors (Lipinski definition) is 2. The Hall–Kier alpha value is -1.10. The fourth-order valence-electron chi connectivity index (χ4n) is 4.12. The average molecular weight is 283 g/mol. The first-order valence-corrected chi connectivity index (χ1v) is 7.48. The van der Waals surface area contributed by atoms with Crippen LogP contribution in [-0.2, 0) is 14.3 Å². The zero-order valence-electron chi connectivity index (χ0n) is 12.7. The van der Waals surface area contributed by atoms with Crippen LogP contribution in [-0.4, -0.2) is 36.2 Å². The summed E-state index contributed by atoms with van der Waals surface area (Å²) in [4.78, 5) is 23.0. The van der Waals surface area contributed by atoms with Gasteiger partial charge >= 0.3 is 5.97 Å². The van der Waals surface area contributed by atoms with Gasteiger partial charge in [0.05, 0.1) is 17.9 Å². The third-order valence-electron chi connectivity index (χ3n) is 5.50. The fourth-order valence-corrected chi connectivity index (χ4v) is 4.12. The molecule has 5 nitrogen and oxygen atoms in total. The SMILES string of the molecule is CCC1(CC)C(NC(=O)C2CC2C(=O)O)C(C)C1OC. The van der Waals surface area contributed by atoms with Crippen LogP contribution in [0.4, 0.5) is 0 Å². The molecule has 114 valence electrons. The second kappa shape index (κ2) is 5.35. The molecule has 0 heterocycles. The van der Waals surface area contributed by atoms with Crippen molar-refractivity contribution < 1.29 is 19.4 Å². The smallest absolute Gasteiger partial charge is 0.307 e. The summed E-state index contributed by atoms with van der Waals surface area (Å²) >= 11 is 0. The van der Waals surface area contributed by atoms with Gasteiger partial charge in [0.1, 0.15) is 0 Å². The maximum atomic E-state index is 12.2. The first kappa shape index (κ1) is 15.3. The third-order valence-corrected chi connectivity index (χ3v) is 5.50. The van der Waals surface area contributed by atoms with Gasteiger partial charge in [0.15, 0.2) is 0 Å². The number of hydrogen-bond acceptors (Lipinski definition) is 3. The first-order valence-electron chi connectivity index (χ1n) is 7.48. The van der Waals surface area contributed by atoms with Gasteiger partial charge < -0.3 is 15.2 Å². The largest absolute Gasteiger partial charge is 0.481 e. The number of carboxylic acids is 1. The average Bonchev–Trinajstić information content (AvgIpc) is 3.21. The van der Waals surface area contributed by atoms with Crippen molar-refractivity contribution in [3.63, 3.8) is 0 Å². The molecule has 2 aliphatic rings. The summed E-state index contributed by atoms with van der Waals surface area (Å²) in [5.41, 5.74) is -0.0164. The normalized spacial score (nSPS) is 37.9. The van der Waals surface area contributed by atoms with Gasteiger partial charge in [0, 0.05) is 24.5 Å². The molecule has 2 N–H and O–H groups in total. The highest BCUT2D eigenvalue weighted by Crippen LogP contribution is 2.52. The van der Waals surface area contributed by atoms with Gasteiger partial charge in [0.2, 0.25) is 5.91 Å². The zero-order valence-corrected chi connectivity index (χ0v) is 12.7. The number of carbonyl (C=O) groups excluding carboxylic acids is 1. The summed E-state index contributed by atoms with van der Waals surface area (Å²) in [7, 11) is 1.72. The van der Waals surface area contributed by atoms with Crippen LogP contribution in [0.25, 0.3) is 0 Å². The van der Waals surface area contributed by atoms with Crippen LogP contribution in [0.2, 0.25) is 0 Å². The van der Waals surface area contributed by atoms with Crippen LogP contribution in [0.15, 0.2) is 0 Å². The molecule has 2 aliphatic carbocycles. The molecule has 2 fully saturated rings. The van der Waals surface area contributed by atoms with Crippen molar-refractivity contribution in [2.24, 2.45) is 23.2 Å². The molecule has 0 aromatic rings. The van der Waals surface area contributed by atoms with E-state index in [4.69, 9.17) is 9.84 Å². The van der Waals surface area contributed by atoms with Crippen LogP contribution < -0.4 is 5.32 Å². The summed E-state index contributed by atoms with van der Waals surface area (Å²) in [6, 6.07) is 0.0880. The minimum atomic E-state index is -0.862. The Kier molecular flexibility index (Phi) is 4.09. The summed E-state index contributed by atoms with van der Waals surface area (Å²) in [5, 5.41) is 12.0. The Balaban J connectivity index is 2.02. The lowest BCUT2D eigenvalue weighted by atomic mass is 9.53. The van der Waals surface area contributed by atoms with Gasteiger partial charge in [0.25, 0.3) is 0 Å². The minimum Gasteiger partial charge on any atom is -0.481 e. The molecule has 5 atom stereocenters. The second-order valence-corrected chi connectivity index (χ2v) is 6.23. The van der Waals surface area contributed by atoms with E-state index in [-0.39, 0.29) is 35.3 Å². The summed E-state index contributed by atoms with van der Waals surface area (Å²) in [6.07, 6.45) is 2.54. The fraction of sp³-hybridized carbons (Fsp3) is 0.867. The standard InChI is InChI=1S/C15H25NO4/c1-5-15(6-2)11(8(3)12(15)20-4)16-13(17)9-7-10(9)14(18)19/h8-12H,5-7H2,1-4H3,(H,16,17)(H,18,19). The highest BCUT2D eigenvalue weighted by molar-refractivity contribution is 5.89. The lowest BCUT2D eigenvalue weighted by Crippen LogP contribution is -2.70. The van der Waals surface area contributed by atoms with Crippen molar-refractivity contribution in [2.75, 3.05) is 7.11 Å². The number of ether oxygens (including phenoxy) is 1. The number of aliphatic carboxylic acids is 1. The summed E-state index contributed by atoms with van der Waals surface area (Å²) < 4.78 is 5.60. The molecular weight excluding hydrogens is 258 g/mol. The van der Waals surface area contributed by atoms with Gasteiger partial charge in [-0.15, -0.1) is 0 Å². The third kappa shape index (κ3) is 2.12. The van der Waals surface area contributed by atoms with E-state index in [2.05, 4.69) is 26.1 Å². The van der Waals surface area contributed by atoms with Gasteiger partial charge in [-0.1, -0.05) is 20.8 Å². The number of carbonyl (C=O) groups is 2. The molecule has 5 unspecified atom stereocenters. The van der Waals surface area contributed by atoms with E-state index in [1.165, 1.54) is 0 Å². The number of nitrogens with one attached hydrogen (secondary N) is 1. The molecule has 2 saturated carbocycles. The molecule has 0 radical (unpaired) electrons. The molecule has 0 aromatic carbocycles. The van der Waals surface area contributed by atoms with E-state index in [0.29, 0.717) is 6.42 Å². The van der Waals surface area contributed by atoms with Crippen LogP contribution in [0.5, 0.6) is 0 Å². The van der Waals surface area contributed by atoms with E-state index in [1.54, 1.807) is 7.11 Å². The van der Waals surface area contributed by atoms with E-state index >= 15 is 0 Å². The molecule has 0 aromatic heterocycles. The molecule has 0 saturated heterocycles. The van der Waals surface area contributed by atoms with Gasteiger partial charge in [-0.25, -0.2) is 0 Å². The quantitative estimate of drug-likeness (QED) is 0.777. The Morgan fingerprint density at radius 1 is 1.30 bits per heavy atom. The van der Waals surface area contributed by atoms with E-state index < -0.39 is 11.9 Å². The number of rotatable bonds is 6. The first-order chi connectivity index (χ1) is 9.42. The minimum absolute atomic E-state index is 0.0164. The van der Waals surface area contributed by atoms with Crippen LogP contribution >= 0.6 is 0 Å². The van der Waals surface area contributed by atoms with E-state index in [1.807, 2.05) is 0 Å². The monoisotopic (exact) mass is 283 g/mol. The predicted molar refractivity (Wildman–Crippen MR) is 74.1 cm³/mol. The molecule has 20 heavy (non-hydrogen) atoms. The zero-order chi connectivity index (χ0) is 15.1. The maximum absolute atomic E-state index is 12.2. The van der Waals surface area contributed by atoms with Crippen molar-refractivity contribution in [2.45, 2.75) is 52.2 Å². The Morgan fingerprint density at radius 3 is 2.30 bits per heavy atom. The molecule has 0 bridgehead atoms. The highest BCUT2D eigenvalue weighted by atomic mass is 16.5. The lowest BCUT2D eigenvalue weighted by molar-refractivity contribution is -0.172. The van der Waals surface area contributed by atoms with E-state index in [0.717, 1.165) is 12.8 Å². The van der Waals surface area contributed by atoms with Gasteiger partial charge in [-0.2, -0.15) is 0 Å². The molecule has 1 amide bonds. The molecular formula is C15H25NO4. The number of carboxylic acid groups (broad SMARTS) is 1. The van der Waals surface area contributed by atoms with Crippen molar-refractivity contribution in [1.29, 1.82) is 0 Å². The Bertz CT molecular complexity index is 405. The van der Waals surface area contributed by atoms with Gasteiger partial charge in [-0.05, 0) is 19.3 Å². The summed E-state index contributed by atoms with van der Waals surface area (Å²) in [5.74, 6) is -1.52.